The van der Waals surface area contributed by atoms with E-state index in [0.717, 1.165) is 25.0 Å². The van der Waals surface area contributed by atoms with Crippen molar-refractivity contribution < 1.29 is 4.79 Å². The topological polar surface area (TPSA) is 89.8 Å². The van der Waals surface area contributed by atoms with Crippen LogP contribution in [0, 0.1) is 5.92 Å². The number of fused-ring (bicyclic) bond motifs is 1. The first kappa shape index (κ1) is 11.0. The summed E-state index contributed by atoms with van der Waals surface area (Å²) >= 11 is 0. The maximum absolute atomic E-state index is 11.9. The van der Waals surface area contributed by atoms with Gasteiger partial charge in [-0.15, -0.1) is 0 Å². The van der Waals surface area contributed by atoms with Crippen LogP contribution in [0.15, 0.2) is 23.0 Å². The fourth-order valence-electron chi connectivity index (χ4n) is 2.23. The lowest BCUT2D eigenvalue weighted by atomic mass is 10.1. The van der Waals surface area contributed by atoms with Gasteiger partial charge >= 0.3 is 5.69 Å². The van der Waals surface area contributed by atoms with Crippen molar-refractivity contribution in [3.8, 4) is 0 Å². The number of anilines is 1. The summed E-state index contributed by atoms with van der Waals surface area (Å²) in [6.45, 7) is 1.62. The molecule has 6 heteroatoms. The largest absolute Gasteiger partial charge is 0.326 e. The van der Waals surface area contributed by atoms with Gasteiger partial charge < -0.3 is 20.6 Å². The van der Waals surface area contributed by atoms with Gasteiger partial charge in [0.05, 0.1) is 17.0 Å². The Hall–Kier alpha value is -2.08. The molecule has 2 heterocycles. The maximum atomic E-state index is 11.9. The summed E-state index contributed by atoms with van der Waals surface area (Å²) in [5.41, 5.74) is 1.89. The molecule has 0 spiro atoms. The summed E-state index contributed by atoms with van der Waals surface area (Å²) in [6, 6.07) is 5.32. The number of imidazole rings is 1. The number of carbonyl (C=O) groups is 1. The zero-order valence-electron chi connectivity index (χ0n) is 9.75. The highest BCUT2D eigenvalue weighted by Gasteiger charge is 2.22. The Kier molecular flexibility index (Phi) is 2.64. The van der Waals surface area contributed by atoms with Crippen molar-refractivity contribution in [1.82, 2.24) is 15.3 Å². The molecule has 1 unspecified atom stereocenters. The number of carbonyl (C=O) groups excluding carboxylic acids is 1. The molecule has 4 N–H and O–H groups in total. The summed E-state index contributed by atoms with van der Waals surface area (Å²) in [6.07, 6.45) is 0.870. The van der Waals surface area contributed by atoms with Crippen LogP contribution in [0.2, 0.25) is 0 Å². The molecule has 1 aromatic heterocycles. The van der Waals surface area contributed by atoms with E-state index in [4.69, 9.17) is 0 Å². The van der Waals surface area contributed by atoms with Gasteiger partial charge in [-0.1, -0.05) is 0 Å². The highest BCUT2D eigenvalue weighted by atomic mass is 16.2. The molecule has 0 aliphatic carbocycles. The molecule has 1 aliphatic rings. The summed E-state index contributed by atoms with van der Waals surface area (Å²) in [5.74, 6) is 0.0585. The number of aromatic nitrogens is 2. The minimum absolute atomic E-state index is 0.0252. The SMILES string of the molecule is O=C(Nc1ccc2[nH]c(=O)[nH]c2c1)C1CCNC1. The minimum Gasteiger partial charge on any atom is -0.326 e. The first-order valence-corrected chi connectivity index (χ1v) is 5.96. The van der Waals surface area contributed by atoms with Crippen molar-refractivity contribution in [2.45, 2.75) is 6.42 Å². The van der Waals surface area contributed by atoms with E-state index in [0.29, 0.717) is 11.2 Å². The number of H-pyrrole nitrogens is 2. The number of hydrogen-bond donors (Lipinski definition) is 4. The van der Waals surface area contributed by atoms with E-state index in [1.54, 1.807) is 18.2 Å². The Morgan fingerprint density at radius 1 is 1.28 bits per heavy atom. The van der Waals surface area contributed by atoms with Gasteiger partial charge in [0.2, 0.25) is 5.91 Å². The highest BCUT2D eigenvalue weighted by Crippen LogP contribution is 2.16. The molecule has 1 fully saturated rings. The van der Waals surface area contributed by atoms with Crippen LogP contribution in [0.3, 0.4) is 0 Å². The Balaban J connectivity index is 1.81. The summed E-state index contributed by atoms with van der Waals surface area (Å²) in [5, 5.41) is 6.03. The molecular formula is C12H14N4O2. The van der Waals surface area contributed by atoms with E-state index >= 15 is 0 Å². The predicted octanol–water partition coefficient (Wildman–Crippen LogP) is 0.404. The molecule has 3 rings (SSSR count). The third-order valence-electron chi connectivity index (χ3n) is 3.21. The van der Waals surface area contributed by atoms with Crippen molar-refractivity contribution in [1.29, 1.82) is 0 Å². The molecule has 94 valence electrons. The second-order valence-corrected chi connectivity index (χ2v) is 4.52. The van der Waals surface area contributed by atoms with E-state index in [2.05, 4.69) is 20.6 Å². The number of amides is 1. The van der Waals surface area contributed by atoms with Crippen LogP contribution in [-0.4, -0.2) is 29.0 Å². The molecule has 2 aromatic rings. The van der Waals surface area contributed by atoms with Crippen LogP contribution in [0.1, 0.15) is 6.42 Å². The van der Waals surface area contributed by atoms with E-state index < -0.39 is 0 Å². The summed E-state index contributed by atoms with van der Waals surface area (Å²) < 4.78 is 0. The molecule has 1 amide bonds. The second-order valence-electron chi connectivity index (χ2n) is 4.52. The van der Waals surface area contributed by atoms with Crippen LogP contribution in [0.5, 0.6) is 0 Å². The van der Waals surface area contributed by atoms with Crippen molar-refractivity contribution in [2.75, 3.05) is 18.4 Å². The average Bonchev–Trinajstić information content (AvgIpc) is 2.95. The number of rotatable bonds is 2. The molecule has 1 saturated heterocycles. The van der Waals surface area contributed by atoms with Gasteiger partial charge in [-0.3, -0.25) is 4.79 Å². The zero-order chi connectivity index (χ0) is 12.5. The average molecular weight is 246 g/mol. The van der Waals surface area contributed by atoms with Gasteiger partial charge in [0.1, 0.15) is 0 Å². The summed E-state index contributed by atoms with van der Waals surface area (Å²) in [4.78, 5) is 28.4. The Labute approximate surface area is 103 Å². The molecule has 1 aliphatic heterocycles. The van der Waals surface area contributed by atoms with E-state index in [-0.39, 0.29) is 17.5 Å². The monoisotopic (exact) mass is 246 g/mol. The van der Waals surface area contributed by atoms with Crippen molar-refractivity contribution in [3.05, 3.63) is 28.7 Å². The molecule has 6 nitrogen and oxygen atoms in total. The Bertz CT molecular complexity index is 637. The normalized spacial score (nSPS) is 19.2. The first-order valence-electron chi connectivity index (χ1n) is 5.96. The molecule has 0 bridgehead atoms. The smallest absolute Gasteiger partial charge is 0.323 e. The standard InChI is InChI=1S/C12H14N4O2/c17-11(7-3-4-13-6-7)14-8-1-2-9-10(5-8)16-12(18)15-9/h1-2,5,7,13H,3-4,6H2,(H,14,17)(H2,15,16,18). The van der Waals surface area contributed by atoms with Gasteiger partial charge in [0, 0.05) is 12.2 Å². The number of benzene rings is 1. The molecule has 0 radical (unpaired) electrons. The van der Waals surface area contributed by atoms with Gasteiger partial charge in [0.15, 0.2) is 0 Å². The van der Waals surface area contributed by atoms with Gasteiger partial charge in [0.25, 0.3) is 0 Å². The van der Waals surface area contributed by atoms with Gasteiger partial charge in [-0.05, 0) is 31.2 Å². The predicted molar refractivity (Wildman–Crippen MR) is 68.5 cm³/mol. The van der Waals surface area contributed by atoms with Crippen LogP contribution >= 0.6 is 0 Å². The number of aromatic amines is 2. The van der Waals surface area contributed by atoms with E-state index in [1.807, 2.05) is 0 Å². The lowest BCUT2D eigenvalue weighted by Crippen LogP contribution is -2.24. The quantitative estimate of drug-likeness (QED) is 0.618. The van der Waals surface area contributed by atoms with Gasteiger partial charge in [-0.2, -0.15) is 0 Å². The third kappa shape index (κ3) is 2.02. The van der Waals surface area contributed by atoms with Crippen LogP contribution in [-0.2, 0) is 4.79 Å². The zero-order valence-corrected chi connectivity index (χ0v) is 9.75. The van der Waals surface area contributed by atoms with Crippen LogP contribution in [0.4, 0.5) is 5.69 Å². The van der Waals surface area contributed by atoms with Crippen molar-refractivity contribution in [2.24, 2.45) is 5.92 Å². The van der Waals surface area contributed by atoms with Gasteiger partial charge in [-0.25, -0.2) is 4.79 Å². The Morgan fingerprint density at radius 3 is 2.89 bits per heavy atom. The number of nitrogens with one attached hydrogen (secondary N) is 4. The molecular weight excluding hydrogens is 232 g/mol. The van der Waals surface area contributed by atoms with Crippen LogP contribution in [0.25, 0.3) is 11.0 Å². The molecule has 1 atom stereocenters. The maximum Gasteiger partial charge on any atom is 0.323 e. The van der Waals surface area contributed by atoms with Crippen molar-refractivity contribution >= 4 is 22.6 Å². The Morgan fingerprint density at radius 2 is 2.11 bits per heavy atom. The molecule has 0 saturated carbocycles. The fourth-order valence-corrected chi connectivity index (χ4v) is 2.23. The number of hydrogen-bond acceptors (Lipinski definition) is 3. The van der Waals surface area contributed by atoms with Crippen molar-refractivity contribution in [3.63, 3.8) is 0 Å². The van der Waals surface area contributed by atoms with Crippen LogP contribution < -0.4 is 16.3 Å². The van der Waals surface area contributed by atoms with E-state index in [1.165, 1.54) is 0 Å². The fraction of sp³-hybridized carbons (Fsp3) is 0.333. The molecule has 18 heavy (non-hydrogen) atoms. The highest BCUT2D eigenvalue weighted by molar-refractivity contribution is 5.94. The second kappa shape index (κ2) is 4.30. The first-order chi connectivity index (χ1) is 8.72. The summed E-state index contributed by atoms with van der Waals surface area (Å²) in [7, 11) is 0. The minimum atomic E-state index is -0.242. The lowest BCUT2D eigenvalue weighted by Gasteiger charge is -2.09. The molecule has 1 aromatic carbocycles. The third-order valence-corrected chi connectivity index (χ3v) is 3.21. The van der Waals surface area contributed by atoms with E-state index in [9.17, 15) is 9.59 Å². The lowest BCUT2D eigenvalue weighted by molar-refractivity contribution is -0.119.